The summed E-state index contributed by atoms with van der Waals surface area (Å²) >= 11 is 0. The van der Waals surface area contributed by atoms with Gasteiger partial charge in [0.05, 0.1) is 12.7 Å². The van der Waals surface area contributed by atoms with Gasteiger partial charge in [-0.1, -0.05) is 37.6 Å². The zero-order chi connectivity index (χ0) is 17.2. The summed E-state index contributed by atoms with van der Waals surface area (Å²) in [5, 5.41) is 3.58. The van der Waals surface area contributed by atoms with Crippen molar-refractivity contribution in [2.45, 2.75) is 32.4 Å². The van der Waals surface area contributed by atoms with E-state index in [9.17, 15) is 4.79 Å². The number of rotatable bonds is 5. The molecule has 126 valence electrons. The summed E-state index contributed by atoms with van der Waals surface area (Å²) in [4.78, 5) is 15.0. The van der Waals surface area contributed by atoms with E-state index in [1.807, 2.05) is 53.4 Å². The minimum atomic E-state index is -0.577. The van der Waals surface area contributed by atoms with Crippen LogP contribution < -0.4 is 10.1 Å². The van der Waals surface area contributed by atoms with E-state index in [1.54, 1.807) is 7.11 Å². The van der Waals surface area contributed by atoms with Crippen molar-refractivity contribution in [2.24, 2.45) is 0 Å². The maximum atomic E-state index is 13.1. The summed E-state index contributed by atoms with van der Waals surface area (Å²) in [6.07, 6.45) is 2.02. The number of carbonyl (C=O) groups excluding carboxylic acids is 1. The lowest BCUT2D eigenvalue weighted by Crippen LogP contribution is -2.56. The predicted molar refractivity (Wildman–Crippen MR) is 96.4 cm³/mol. The number of nitrogens with one attached hydrogen (secondary N) is 1. The lowest BCUT2D eigenvalue weighted by Gasteiger charge is -2.47. The van der Waals surface area contributed by atoms with Crippen LogP contribution in [0.1, 0.15) is 42.6 Å². The summed E-state index contributed by atoms with van der Waals surface area (Å²) in [7, 11) is 1.66. The second-order valence-corrected chi connectivity index (χ2v) is 6.28. The van der Waals surface area contributed by atoms with Gasteiger partial charge < -0.3 is 15.0 Å². The number of nitrogens with zero attached hydrogens (tertiary/aromatic N) is 1. The van der Waals surface area contributed by atoms with Gasteiger partial charge in [0.15, 0.2) is 0 Å². The molecule has 3 rings (SSSR count). The molecule has 4 nitrogen and oxygen atoms in total. The molecule has 1 N–H and O–H groups in total. The van der Waals surface area contributed by atoms with Crippen LogP contribution in [0.3, 0.4) is 0 Å². The molecule has 0 aliphatic carbocycles. The van der Waals surface area contributed by atoms with Crippen LogP contribution >= 0.6 is 0 Å². The number of unbranched alkanes of at least 4 members (excludes halogenated alkanes) is 1. The van der Waals surface area contributed by atoms with E-state index in [1.165, 1.54) is 0 Å². The Balaban J connectivity index is 2.06. The lowest BCUT2D eigenvalue weighted by molar-refractivity contribution is 0.0531. The van der Waals surface area contributed by atoms with Gasteiger partial charge in [-0.15, -0.1) is 0 Å². The number of ether oxygens (including phenoxy) is 1. The fourth-order valence-electron chi connectivity index (χ4n) is 3.24. The van der Waals surface area contributed by atoms with Gasteiger partial charge in [0, 0.05) is 12.2 Å². The lowest BCUT2D eigenvalue weighted by atomic mass is 9.93. The van der Waals surface area contributed by atoms with Gasteiger partial charge in [0.1, 0.15) is 11.4 Å². The first-order valence-electron chi connectivity index (χ1n) is 8.44. The Kier molecular flexibility index (Phi) is 4.47. The molecule has 1 unspecified atom stereocenters. The molecule has 0 saturated heterocycles. The second-order valence-electron chi connectivity index (χ2n) is 6.28. The van der Waals surface area contributed by atoms with Crippen molar-refractivity contribution in [1.82, 2.24) is 4.90 Å². The Hall–Kier alpha value is -2.49. The van der Waals surface area contributed by atoms with E-state index >= 15 is 0 Å². The molecule has 1 atom stereocenters. The predicted octanol–water partition coefficient (Wildman–Crippen LogP) is 4.24. The fraction of sp³-hybridized carbons (Fsp3) is 0.350. The van der Waals surface area contributed by atoms with E-state index in [-0.39, 0.29) is 5.91 Å². The molecule has 2 aromatic carbocycles. The minimum absolute atomic E-state index is 0.0797. The highest BCUT2D eigenvalue weighted by molar-refractivity contribution is 6.02. The number of para-hydroxylation sites is 1. The molecule has 1 amide bonds. The summed E-state index contributed by atoms with van der Waals surface area (Å²) in [5.41, 5.74) is 2.09. The molecule has 0 fully saturated rings. The van der Waals surface area contributed by atoms with E-state index < -0.39 is 5.66 Å². The van der Waals surface area contributed by atoms with E-state index in [0.29, 0.717) is 0 Å². The molecule has 0 radical (unpaired) electrons. The molecule has 1 aliphatic rings. The first kappa shape index (κ1) is 16.4. The van der Waals surface area contributed by atoms with Crippen LogP contribution in [0.5, 0.6) is 5.75 Å². The number of benzene rings is 2. The van der Waals surface area contributed by atoms with Crippen molar-refractivity contribution in [3.8, 4) is 5.75 Å². The van der Waals surface area contributed by atoms with Gasteiger partial charge >= 0.3 is 0 Å². The highest BCUT2D eigenvalue weighted by Crippen LogP contribution is 2.38. The standard InChI is InChI=1S/C20H24N2O2/c1-4-5-14-22-19(23)17-8-6-7-9-18(17)21-20(22,2)15-10-12-16(24-3)13-11-15/h6-13,21H,4-5,14H2,1-3H3. The molecule has 24 heavy (non-hydrogen) atoms. The number of anilines is 1. The maximum absolute atomic E-state index is 13.1. The molecule has 4 heteroatoms. The van der Waals surface area contributed by atoms with Gasteiger partial charge in [-0.3, -0.25) is 4.79 Å². The SMILES string of the molecule is CCCCN1C(=O)c2ccccc2NC1(C)c1ccc(OC)cc1. The first-order valence-corrected chi connectivity index (χ1v) is 8.44. The number of amides is 1. The molecular formula is C20H24N2O2. The van der Waals surface area contributed by atoms with Crippen molar-refractivity contribution in [2.75, 3.05) is 19.0 Å². The van der Waals surface area contributed by atoms with Crippen molar-refractivity contribution in [3.05, 3.63) is 59.7 Å². The van der Waals surface area contributed by atoms with Gasteiger partial charge in [-0.05, 0) is 43.2 Å². The average Bonchev–Trinajstić information content (AvgIpc) is 2.61. The highest BCUT2D eigenvalue weighted by Gasteiger charge is 2.41. The Morgan fingerprint density at radius 1 is 1.12 bits per heavy atom. The minimum Gasteiger partial charge on any atom is -0.497 e. The molecular weight excluding hydrogens is 300 g/mol. The zero-order valence-corrected chi connectivity index (χ0v) is 14.5. The van der Waals surface area contributed by atoms with Crippen molar-refractivity contribution >= 4 is 11.6 Å². The number of fused-ring (bicyclic) bond motifs is 1. The van der Waals surface area contributed by atoms with E-state index in [4.69, 9.17) is 4.74 Å². The largest absolute Gasteiger partial charge is 0.497 e. The summed E-state index contributed by atoms with van der Waals surface area (Å²) in [6, 6.07) is 15.6. The van der Waals surface area contributed by atoms with Crippen LogP contribution in [0.25, 0.3) is 0 Å². The Morgan fingerprint density at radius 2 is 1.83 bits per heavy atom. The van der Waals surface area contributed by atoms with Crippen molar-refractivity contribution in [1.29, 1.82) is 0 Å². The zero-order valence-electron chi connectivity index (χ0n) is 14.5. The molecule has 0 aromatic heterocycles. The summed E-state index contributed by atoms with van der Waals surface area (Å²) in [5.74, 6) is 0.890. The molecule has 2 aromatic rings. The Bertz CT molecular complexity index is 727. The first-order chi connectivity index (χ1) is 11.6. The van der Waals surface area contributed by atoms with E-state index in [0.717, 1.165) is 42.0 Å². The smallest absolute Gasteiger partial charge is 0.258 e. The summed E-state index contributed by atoms with van der Waals surface area (Å²) < 4.78 is 5.26. The topological polar surface area (TPSA) is 41.6 Å². The van der Waals surface area contributed by atoms with Gasteiger partial charge in [0.25, 0.3) is 5.91 Å². The van der Waals surface area contributed by atoms with Gasteiger partial charge in [0.2, 0.25) is 0 Å². The monoisotopic (exact) mass is 324 g/mol. The van der Waals surface area contributed by atoms with Gasteiger partial charge in [-0.25, -0.2) is 0 Å². The van der Waals surface area contributed by atoms with Crippen LogP contribution in [-0.2, 0) is 5.66 Å². The third-order valence-corrected chi connectivity index (χ3v) is 4.71. The summed E-state index contributed by atoms with van der Waals surface area (Å²) in [6.45, 7) is 4.93. The van der Waals surface area contributed by atoms with Crippen LogP contribution in [0.15, 0.2) is 48.5 Å². The molecule has 1 aliphatic heterocycles. The third-order valence-electron chi connectivity index (χ3n) is 4.71. The second kappa shape index (κ2) is 6.56. The quantitative estimate of drug-likeness (QED) is 0.894. The van der Waals surface area contributed by atoms with Crippen LogP contribution in [0.2, 0.25) is 0 Å². The fourth-order valence-corrected chi connectivity index (χ4v) is 3.24. The van der Waals surface area contributed by atoms with Crippen LogP contribution in [0, 0.1) is 0 Å². The third kappa shape index (κ3) is 2.73. The molecule has 1 heterocycles. The number of methoxy groups -OCH3 is 1. The maximum Gasteiger partial charge on any atom is 0.258 e. The number of carbonyl (C=O) groups is 1. The Morgan fingerprint density at radius 3 is 2.50 bits per heavy atom. The number of hydrogen-bond acceptors (Lipinski definition) is 3. The van der Waals surface area contributed by atoms with Crippen LogP contribution in [-0.4, -0.2) is 24.5 Å². The average molecular weight is 324 g/mol. The number of hydrogen-bond donors (Lipinski definition) is 1. The molecule has 0 spiro atoms. The van der Waals surface area contributed by atoms with Gasteiger partial charge in [-0.2, -0.15) is 0 Å². The van der Waals surface area contributed by atoms with Crippen molar-refractivity contribution in [3.63, 3.8) is 0 Å². The molecule has 0 saturated carbocycles. The Labute approximate surface area is 143 Å². The van der Waals surface area contributed by atoms with Crippen molar-refractivity contribution < 1.29 is 9.53 Å². The van der Waals surface area contributed by atoms with E-state index in [2.05, 4.69) is 19.2 Å². The van der Waals surface area contributed by atoms with Crippen LogP contribution in [0.4, 0.5) is 5.69 Å². The normalized spacial score (nSPS) is 19.6. The highest BCUT2D eigenvalue weighted by atomic mass is 16.5. The molecule has 0 bridgehead atoms.